The normalized spacial score (nSPS) is 14.2. The van der Waals surface area contributed by atoms with Gasteiger partial charge in [0.2, 0.25) is 11.6 Å². The van der Waals surface area contributed by atoms with E-state index in [1.54, 1.807) is 29.8 Å². The molecule has 2 aromatic heterocycles. The van der Waals surface area contributed by atoms with Gasteiger partial charge in [0.15, 0.2) is 5.13 Å². The Labute approximate surface area is 163 Å². The Kier molecular flexibility index (Phi) is 4.98. The first-order valence-corrected chi connectivity index (χ1v) is 9.42. The van der Waals surface area contributed by atoms with E-state index in [9.17, 15) is 14.5 Å². The first-order valence-electron chi connectivity index (χ1n) is 8.54. The van der Waals surface area contributed by atoms with Crippen molar-refractivity contribution in [2.24, 2.45) is 0 Å². The van der Waals surface area contributed by atoms with Crippen molar-refractivity contribution in [2.75, 3.05) is 41.3 Å². The van der Waals surface area contributed by atoms with Crippen molar-refractivity contribution >= 4 is 39.5 Å². The summed E-state index contributed by atoms with van der Waals surface area (Å²) in [4.78, 5) is 27.2. The number of anilines is 4. The molecule has 11 heteroatoms. The minimum absolute atomic E-state index is 0.0986. The van der Waals surface area contributed by atoms with Crippen molar-refractivity contribution in [3.8, 4) is 0 Å². The van der Waals surface area contributed by atoms with Gasteiger partial charge < -0.3 is 15.1 Å². The molecule has 1 N–H and O–H groups in total. The first kappa shape index (κ1) is 18.0. The van der Waals surface area contributed by atoms with Gasteiger partial charge in [-0.1, -0.05) is 12.1 Å². The Morgan fingerprint density at radius 3 is 2.54 bits per heavy atom. The van der Waals surface area contributed by atoms with Gasteiger partial charge in [0.1, 0.15) is 12.1 Å². The number of benzene rings is 1. The van der Waals surface area contributed by atoms with Crippen molar-refractivity contribution in [3.05, 3.63) is 58.1 Å². The summed E-state index contributed by atoms with van der Waals surface area (Å²) in [5.74, 6) is 0.0626. The summed E-state index contributed by atoms with van der Waals surface area (Å²) in [5, 5.41) is 16.9. The Bertz CT molecular complexity index is 977. The molecule has 1 aliphatic heterocycles. The molecule has 0 bridgehead atoms. The van der Waals surface area contributed by atoms with Crippen LogP contribution >= 0.6 is 11.3 Å². The van der Waals surface area contributed by atoms with Crippen LogP contribution in [0.5, 0.6) is 0 Å². The average Bonchev–Trinajstić information content (AvgIpc) is 3.21. The molecule has 28 heavy (non-hydrogen) atoms. The number of nitrogens with zero attached hydrogens (tertiary/aromatic N) is 6. The van der Waals surface area contributed by atoms with Gasteiger partial charge >= 0.3 is 5.69 Å². The second-order valence-electron chi connectivity index (χ2n) is 6.04. The molecule has 0 aliphatic carbocycles. The molecule has 0 amide bonds. The summed E-state index contributed by atoms with van der Waals surface area (Å²) in [6.45, 7) is 2.00. The topological polar surface area (TPSA) is 100 Å². The molecule has 1 aliphatic rings. The van der Waals surface area contributed by atoms with Gasteiger partial charge in [0.25, 0.3) is 0 Å². The zero-order valence-corrected chi connectivity index (χ0v) is 15.5. The van der Waals surface area contributed by atoms with Gasteiger partial charge in [-0.25, -0.2) is 19.3 Å². The zero-order valence-electron chi connectivity index (χ0n) is 14.7. The van der Waals surface area contributed by atoms with E-state index in [-0.39, 0.29) is 23.1 Å². The number of piperazine rings is 1. The molecular formula is C17H16FN7O2S. The molecule has 0 spiro atoms. The summed E-state index contributed by atoms with van der Waals surface area (Å²) in [6.07, 6.45) is 2.89. The van der Waals surface area contributed by atoms with Gasteiger partial charge in [-0.3, -0.25) is 10.1 Å². The molecule has 3 heterocycles. The quantitative estimate of drug-likeness (QED) is 0.514. The average molecular weight is 401 g/mol. The number of aromatic nitrogens is 3. The minimum atomic E-state index is -0.492. The van der Waals surface area contributed by atoms with Gasteiger partial charge in [-0.15, -0.1) is 11.3 Å². The van der Waals surface area contributed by atoms with Gasteiger partial charge in [-0.05, 0) is 12.1 Å². The summed E-state index contributed by atoms with van der Waals surface area (Å²) in [5.41, 5.74) is 0.336. The number of nitrogens with one attached hydrogen (secondary N) is 1. The third kappa shape index (κ3) is 3.56. The number of hydrogen-bond donors (Lipinski definition) is 1. The SMILES string of the molecule is O=[N+]([O-])c1c(Nc2nccs2)ncnc1N1CCN(c2ccccc2F)CC1. The first-order chi connectivity index (χ1) is 13.6. The van der Waals surface area contributed by atoms with Crippen LogP contribution < -0.4 is 15.1 Å². The van der Waals surface area contributed by atoms with E-state index < -0.39 is 4.92 Å². The molecule has 0 atom stereocenters. The highest BCUT2D eigenvalue weighted by atomic mass is 32.1. The van der Waals surface area contributed by atoms with E-state index in [2.05, 4.69) is 20.3 Å². The van der Waals surface area contributed by atoms with Crippen molar-refractivity contribution in [2.45, 2.75) is 0 Å². The number of para-hydroxylation sites is 1. The van der Waals surface area contributed by atoms with E-state index in [1.165, 1.54) is 23.7 Å². The van der Waals surface area contributed by atoms with Crippen LogP contribution in [0.25, 0.3) is 0 Å². The second kappa shape index (κ2) is 7.72. The maximum atomic E-state index is 14.0. The maximum absolute atomic E-state index is 14.0. The molecule has 9 nitrogen and oxygen atoms in total. The molecular weight excluding hydrogens is 385 g/mol. The molecule has 1 saturated heterocycles. The summed E-state index contributed by atoms with van der Waals surface area (Å²) >= 11 is 1.32. The molecule has 1 fully saturated rings. The van der Waals surface area contributed by atoms with Crippen molar-refractivity contribution < 1.29 is 9.31 Å². The predicted octanol–water partition coefficient (Wildman–Crippen LogP) is 3.05. The van der Waals surface area contributed by atoms with Crippen LogP contribution in [0.2, 0.25) is 0 Å². The highest BCUT2D eigenvalue weighted by Crippen LogP contribution is 2.34. The van der Waals surface area contributed by atoms with Gasteiger partial charge in [-0.2, -0.15) is 0 Å². The van der Waals surface area contributed by atoms with Crippen molar-refractivity contribution in [1.82, 2.24) is 15.0 Å². The molecule has 3 aromatic rings. The van der Waals surface area contributed by atoms with E-state index in [1.807, 2.05) is 9.80 Å². The lowest BCUT2D eigenvalue weighted by Gasteiger charge is -2.36. The van der Waals surface area contributed by atoms with Gasteiger partial charge in [0.05, 0.1) is 10.6 Å². The molecule has 0 saturated carbocycles. The third-order valence-corrected chi connectivity index (χ3v) is 5.10. The third-order valence-electron chi connectivity index (χ3n) is 4.42. The Hall–Kier alpha value is -3.34. The zero-order chi connectivity index (χ0) is 19.5. The van der Waals surface area contributed by atoms with Crippen LogP contribution in [0.1, 0.15) is 0 Å². The second-order valence-corrected chi connectivity index (χ2v) is 6.93. The van der Waals surface area contributed by atoms with E-state index >= 15 is 0 Å². The number of rotatable bonds is 5. The molecule has 0 unspecified atom stereocenters. The van der Waals surface area contributed by atoms with Crippen molar-refractivity contribution in [3.63, 3.8) is 0 Å². The van der Waals surface area contributed by atoms with Crippen LogP contribution in [-0.2, 0) is 0 Å². The number of thiazole rings is 1. The predicted molar refractivity (Wildman–Crippen MR) is 105 cm³/mol. The Morgan fingerprint density at radius 1 is 1.11 bits per heavy atom. The Morgan fingerprint density at radius 2 is 1.86 bits per heavy atom. The lowest BCUT2D eigenvalue weighted by atomic mass is 10.2. The smallest absolute Gasteiger partial charge is 0.353 e. The van der Waals surface area contributed by atoms with Crippen LogP contribution in [0, 0.1) is 15.9 Å². The van der Waals surface area contributed by atoms with E-state index in [0.29, 0.717) is 37.0 Å². The van der Waals surface area contributed by atoms with Crippen LogP contribution in [-0.4, -0.2) is 46.1 Å². The van der Waals surface area contributed by atoms with Crippen LogP contribution in [0.3, 0.4) is 0 Å². The number of hydrogen-bond acceptors (Lipinski definition) is 9. The summed E-state index contributed by atoms with van der Waals surface area (Å²) < 4.78 is 14.0. The van der Waals surface area contributed by atoms with E-state index in [0.717, 1.165) is 0 Å². The van der Waals surface area contributed by atoms with Crippen molar-refractivity contribution in [1.29, 1.82) is 0 Å². The minimum Gasteiger partial charge on any atom is -0.366 e. The number of halogens is 1. The molecule has 0 radical (unpaired) electrons. The van der Waals surface area contributed by atoms with Crippen LogP contribution in [0.4, 0.5) is 32.5 Å². The molecule has 144 valence electrons. The number of nitro groups is 1. The monoisotopic (exact) mass is 401 g/mol. The fourth-order valence-electron chi connectivity index (χ4n) is 3.11. The Balaban J connectivity index is 1.56. The van der Waals surface area contributed by atoms with Gasteiger partial charge in [0, 0.05) is 37.8 Å². The fraction of sp³-hybridized carbons (Fsp3) is 0.235. The lowest BCUT2D eigenvalue weighted by Crippen LogP contribution is -2.47. The highest BCUT2D eigenvalue weighted by molar-refractivity contribution is 7.13. The maximum Gasteiger partial charge on any atom is 0.353 e. The summed E-state index contributed by atoms with van der Waals surface area (Å²) in [6, 6.07) is 6.59. The summed E-state index contributed by atoms with van der Waals surface area (Å²) in [7, 11) is 0. The standard InChI is InChI=1S/C17H16FN7O2S/c18-12-3-1-2-4-13(12)23-6-8-24(9-7-23)16-14(25(26)27)15(20-11-21-16)22-17-19-5-10-28-17/h1-5,10-11H,6-9H2,(H,19,20,21,22). The fourth-order valence-corrected chi connectivity index (χ4v) is 3.64. The molecule has 4 rings (SSSR count). The van der Waals surface area contributed by atoms with E-state index in [4.69, 9.17) is 0 Å². The molecule has 1 aromatic carbocycles. The largest absolute Gasteiger partial charge is 0.366 e. The van der Waals surface area contributed by atoms with Crippen LogP contribution in [0.15, 0.2) is 42.2 Å². The lowest BCUT2D eigenvalue weighted by molar-refractivity contribution is -0.383. The highest BCUT2D eigenvalue weighted by Gasteiger charge is 2.30.